The quantitative estimate of drug-likeness (QED) is 0.471. The van der Waals surface area contributed by atoms with Crippen LogP contribution in [-0.2, 0) is 0 Å². The molecule has 1 saturated heterocycles. The van der Waals surface area contributed by atoms with Gasteiger partial charge in [0.05, 0.1) is 0 Å². The Balaban J connectivity index is 2.86. The first-order chi connectivity index (χ1) is 7.08. The van der Waals surface area contributed by atoms with E-state index in [0.29, 0.717) is 10.6 Å². The molecule has 1 fully saturated rings. The zero-order valence-electron chi connectivity index (χ0n) is 12.3. The molecule has 0 N–H and O–H groups in total. The van der Waals surface area contributed by atoms with Crippen LogP contribution in [0.4, 0.5) is 0 Å². The summed E-state index contributed by atoms with van der Waals surface area (Å²) in [6, 6.07) is 0. The van der Waals surface area contributed by atoms with E-state index in [9.17, 15) is 0 Å². The average Bonchev–Trinajstić information content (AvgIpc) is 2.11. The molecule has 1 aliphatic rings. The average molecular weight is 240 g/mol. The molecule has 0 aromatic heterocycles. The van der Waals surface area contributed by atoms with Gasteiger partial charge < -0.3 is 0 Å². The molecule has 0 bridgehead atoms. The molecule has 0 amide bonds. The second kappa shape index (κ2) is 4.64. The first kappa shape index (κ1) is 14.6. The highest BCUT2D eigenvalue weighted by molar-refractivity contribution is 7.17. The Morgan fingerprint density at radius 2 is 1.44 bits per heavy atom. The Hall–Kier alpha value is 0.495. The van der Waals surface area contributed by atoms with Crippen molar-refractivity contribution in [2.45, 2.75) is 77.5 Å². The van der Waals surface area contributed by atoms with Crippen LogP contribution in [0, 0.1) is 11.8 Å². The van der Waals surface area contributed by atoms with Gasteiger partial charge in [0.1, 0.15) is 6.71 Å². The molecule has 16 heavy (non-hydrogen) atoms. The molecule has 2 atom stereocenters. The van der Waals surface area contributed by atoms with Crippen molar-refractivity contribution in [2.24, 2.45) is 11.8 Å². The maximum absolute atomic E-state index is 3.11. The van der Waals surface area contributed by atoms with Crippen LogP contribution in [0.5, 0.6) is 0 Å². The molecule has 0 aliphatic carbocycles. The number of hydrogen-bond acceptors (Lipinski definition) is 0. The Labute approximate surface area is 106 Å². The summed E-state index contributed by atoms with van der Waals surface area (Å²) in [5.74, 6) is 1.67. The van der Waals surface area contributed by atoms with Gasteiger partial charge in [0, 0.05) is 0 Å². The lowest BCUT2D eigenvalue weighted by molar-refractivity contribution is 0.277. The second-order valence-electron chi connectivity index (χ2n) is 7.69. The van der Waals surface area contributed by atoms with E-state index in [4.69, 9.17) is 0 Å². The van der Waals surface area contributed by atoms with Gasteiger partial charge in [0.2, 0.25) is 0 Å². The van der Waals surface area contributed by atoms with Crippen LogP contribution >= 0.6 is 9.24 Å². The standard InChI is InChI=1S/C14H30BP/c1-10(2)12(16)11-8-13(3,4)15(7)14(5,6)9-11/h10-12H,8-9,16H2,1-7H3. The summed E-state index contributed by atoms with van der Waals surface area (Å²) >= 11 is 0. The predicted molar refractivity (Wildman–Crippen MR) is 80.8 cm³/mol. The summed E-state index contributed by atoms with van der Waals surface area (Å²) in [5, 5.41) is 0.992. The van der Waals surface area contributed by atoms with Gasteiger partial charge in [-0.25, -0.2) is 0 Å². The molecule has 0 spiro atoms. The van der Waals surface area contributed by atoms with Crippen LogP contribution in [0.25, 0.3) is 0 Å². The minimum atomic E-state index is 0.496. The Kier molecular flexibility index (Phi) is 4.22. The lowest BCUT2D eigenvalue weighted by Crippen LogP contribution is -2.45. The molecule has 1 aliphatic heterocycles. The number of hydrogen-bond donors (Lipinski definition) is 0. The smallest absolute Gasteiger partial charge is 0.134 e. The molecule has 94 valence electrons. The second-order valence-corrected chi connectivity index (χ2v) is 8.46. The van der Waals surface area contributed by atoms with Gasteiger partial charge in [-0.05, 0) is 17.5 Å². The summed E-state index contributed by atoms with van der Waals surface area (Å²) in [5.41, 5.74) is 0.783. The van der Waals surface area contributed by atoms with Crippen LogP contribution < -0.4 is 0 Å². The van der Waals surface area contributed by atoms with E-state index in [2.05, 4.69) is 57.6 Å². The van der Waals surface area contributed by atoms with Gasteiger partial charge in [-0.15, -0.1) is 9.24 Å². The fourth-order valence-corrected chi connectivity index (χ4v) is 3.92. The van der Waals surface area contributed by atoms with Crippen molar-refractivity contribution in [2.75, 3.05) is 0 Å². The van der Waals surface area contributed by atoms with Crippen molar-refractivity contribution in [1.82, 2.24) is 0 Å². The summed E-state index contributed by atoms with van der Waals surface area (Å²) in [7, 11) is 3.11. The van der Waals surface area contributed by atoms with Crippen molar-refractivity contribution >= 4 is 16.0 Å². The summed E-state index contributed by atoms with van der Waals surface area (Å²) in [4.78, 5) is 0. The molecule has 0 aromatic carbocycles. The van der Waals surface area contributed by atoms with Crippen molar-refractivity contribution in [3.05, 3.63) is 0 Å². The summed E-state index contributed by atoms with van der Waals surface area (Å²) in [6.45, 7) is 17.8. The van der Waals surface area contributed by atoms with Crippen molar-refractivity contribution in [3.8, 4) is 0 Å². The minimum absolute atomic E-state index is 0.496. The SMILES string of the molecule is CB1C(C)(C)CC(C(P)C(C)C)CC1(C)C. The Bertz CT molecular complexity index is 227. The van der Waals surface area contributed by atoms with Gasteiger partial charge in [0.15, 0.2) is 0 Å². The van der Waals surface area contributed by atoms with Gasteiger partial charge in [0.25, 0.3) is 0 Å². The molecular weight excluding hydrogens is 210 g/mol. The van der Waals surface area contributed by atoms with E-state index < -0.39 is 0 Å². The van der Waals surface area contributed by atoms with Crippen LogP contribution in [-0.4, -0.2) is 12.4 Å². The lowest BCUT2D eigenvalue weighted by atomic mass is 9.20. The fourth-order valence-electron chi connectivity index (χ4n) is 3.65. The van der Waals surface area contributed by atoms with E-state index >= 15 is 0 Å². The molecule has 1 rings (SSSR count). The van der Waals surface area contributed by atoms with Crippen LogP contribution in [0.2, 0.25) is 17.5 Å². The van der Waals surface area contributed by atoms with Crippen LogP contribution in [0.15, 0.2) is 0 Å². The third kappa shape index (κ3) is 2.84. The predicted octanol–water partition coefficient (Wildman–Crippen LogP) is 4.98. The third-order valence-electron chi connectivity index (χ3n) is 5.24. The zero-order chi connectivity index (χ0) is 12.7. The van der Waals surface area contributed by atoms with E-state index in [-0.39, 0.29) is 0 Å². The highest BCUT2D eigenvalue weighted by Gasteiger charge is 2.48. The zero-order valence-corrected chi connectivity index (χ0v) is 13.5. The first-order valence-electron chi connectivity index (χ1n) is 6.83. The van der Waals surface area contributed by atoms with Gasteiger partial charge >= 0.3 is 0 Å². The van der Waals surface area contributed by atoms with Crippen molar-refractivity contribution < 1.29 is 0 Å². The summed E-state index contributed by atoms with van der Waals surface area (Å²) < 4.78 is 0. The maximum atomic E-state index is 3.11. The first-order valence-corrected chi connectivity index (χ1v) is 7.50. The topological polar surface area (TPSA) is 0 Å². The number of rotatable bonds is 2. The normalized spacial score (nSPS) is 27.2. The molecule has 2 unspecified atom stereocenters. The fraction of sp³-hybridized carbons (Fsp3) is 1.00. The van der Waals surface area contributed by atoms with Gasteiger partial charge in [-0.1, -0.05) is 71.8 Å². The molecule has 0 radical (unpaired) electrons. The molecular formula is C14H30BP. The summed E-state index contributed by atoms with van der Waals surface area (Å²) in [6.07, 6.45) is 2.79. The maximum Gasteiger partial charge on any atom is 0.148 e. The highest BCUT2D eigenvalue weighted by atomic mass is 31.0. The van der Waals surface area contributed by atoms with Crippen LogP contribution in [0.3, 0.4) is 0 Å². The minimum Gasteiger partial charge on any atom is -0.134 e. The molecule has 2 heteroatoms. The molecule has 0 saturated carbocycles. The monoisotopic (exact) mass is 240 g/mol. The van der Waals surface area contributed by atoms with E-state index in [1.807, 2.05) is 0 Å². The molecule has 0 nitrogen and oxygen atoms in total. The van der Waals surface area contributed by atoms with E-state index in [0.717, 1.165) is 24.2 Å². The van der Waals surface area contributed by atoms with E-state index in [1.54, 1.807) is 0 Å². The largest absolute Gasteiger partial charge is 0.148 e. The van der Waals surface area contributed by atoms with Crippen molar-refractivity contribution in [3.63, 3.8) is 0 Å². The van der Waals surface area contributed by atoms with Crippen molar-refractivity contribution in [1.29, 1.82) is 0 Å². The van der Waals surface area contributed by atoms with Gasteiger partial charge in [-0.2, -0.15) is 0 Å². The Morgan fingerprint density at radius 3 is 1.75 bits per heavy atom. The van der Waals surface area contributed by atoms with Gasteiger partial charge in [-0.3, -0.25) is 0 Å². The highest BCUT2D eigenvalue weighted by Crippen LogP contribution is 2.57. The lowest BCUT2D eigenvalue weighted by Gasteiger charge is -2.51. The molecule has 1 heterocycles. The molecule has 0 aromatic rings. The van der Waals surface area contributed by atoms with E-state index in [1.165, 1.54) is 12.8 Å². The van der Waals surface area contributed by atoms with Crippen LogP contribution in [0.1, 0.15) is 54.4 Å². The Morgan fingerprint density at radius 1 is 1.06 bits per heavy atom. The third-order valence-corrected chi connectivity index (χ3v) is 6.55.